The summed E-state index contributed by atoms with van der Waals surface area (Å²) in [6.45, 7) is 3.22. The molecule has 0 radical (unpaired) electrons. The normalized spacial score (nSPS) is 52.9. The first-order valence-corrected chi connectivity index (χ1v) is 5.85. The number of hydrogen-bond acceptors (Lipinski definition) is 2. The highest BCUT2D eigenvalue weighted by Gasteiger charge is 2.54. The molecule has 2 saturated carbocycles. The molecule has 3 heteroatoms. The van der Waals surface area contributed by atoms with Crippen LogP contribution in [0.1, 0.15) is 12.8 Å². The van der Waals surface area contributed by atoms with Gasteiger partial charge in [0.1, 0.15) is 0 Å². The molecule has 0 spiro atoms. The topological polar surface area (TPSA) is 32.3 Å². The van der Waals surface area contributed by atoms with Gasteiger partial charge in [0.05, 0.1) is 5.92 Å². The lowest BCUT2D eigenvalue weighted by Gasteiger charge is -2.36. The lowest BCUT2D eigenvalue weighted by molar-refractivity contribution is -0.139. The van der Waals surface area contributed by atoms with Gasteiger partial charge in [-0.2, -0.15) is 0 Å². The molecule has 1 amide bonds. The molecule has 5 atom stereocenters. The summed E-state index contributed by atoms with van der Waals surface area (Å²) in [5, 5.41) is 3.42. The molecule has 1 N–H and O–H groups in total. The van der Waals surface area contributed by atoms with Gasteiger partial charge < -0.3 is 10.2 Å². The van der Waals surface area contributed by atoms with Crippen LogP contribution < -0.4 is 5.32 Å². The summed E-state index contributed by atoms with van der Waals surface area (Å²) >= 11 is 0. The molecule has 5 aliphatic rings. The molecule has 0 aromatic heterocycles. The Balaban J connectivity index is 1.48. The molecular formula is C11H16N2O. The fraction of sp³-hybridized carbons (Fsp3) is 0.909. The highest BCUT2D eigenvalue weighted by Crippen LogP contribution is 2.47. The Bertz CT molecular complexity index is 280. The fourth-order valence-electron chi connectivity index (χ4n) is 3.64. The van der Waals surface area contributed by atoms with E-state index >= 15 is 0 Å². The Labute approximate surface area is 83.8 Å². The minimum atomic E-state index is 0.354. The Hall–Kier alpha value is -0.570. The van der Waals surface area contributed by atoms with Gasteiger partial charge in [-0.05, 0) is 37.1 Å². The molecule has 0 aromatic rings. The number of rotatable bonds is 1. The number of carbonyl (C=O) groups excluding carboxylic acids is 1. The summed E-state index contributed by atoms with van der Waals surface area (Å²) in [4.78, 5) is 14.3. The van der Waals surface area contributed by atoms with Gasteiger partial charge in [-0.15, -0.1) is 0 Å². The van der Waals surface area contributed by atoms with Crippen molar-refractivity contribution in [1.82, 2.24) is 10.2 Å². The van der Waals surface area contributed by atoms with Gasteiger partial charge in [0.15, 0.2) is 0 Å². The van der Waals surface area contributed by atoms with Crippen molar-refractivity contribution < 1.29 is 4.79 Å². The van der Waals surface area contributed by atoms with Gasteiger partial charge in [0, 0.05) is 19.1 Å². The molecule has 3 heterocycles. The van der Waals surface area contributed by atoms with Crippen LogP contribution in [0.4, 0.5) is 0 Å². The van der Waals surface area contributed by atoms with Crippen molar-refractivity contribution in [2.45, 2.75) is 18.9 Å². The highest BCUT2D eigenvalue weighted by molar-refractivity contribution is 5.82. The van der Waals surface area contributed by atoms with E-state index in [1.807, 2.05) is 0 Å². The minimum absolute atomic E-state index is 0.354. The van der Waals surface area contributed by atoms with Crippen LogP contribution in [0.2, 0.25) is 0 Å². The highest BCUT2D eigenvalue weighted by atomic mass is 16.2. The van der Waals surface area contributed by atoms with Gasteiger partial charge in [-0.25, -0.2) is 0 Å². The van der Waals surface area contributed by atoms with E-state index in [-0.39, 0.29) is 0 Å². The Kier molecular flexibility index (Phi) is 1.28. The maximum atomic E-state index is 12.1. The number of nitrogens with one attached hydrogen (secondary N) is 1. The number of fused-ring (bicyclic) bond motifs is 2. The third-order valence-electron chi connectivity index (χ3n) is 4.72. The van der Waals surface area contributed by atoms with Crippen molar-refractivity contribution in [3.05, 3.63) is 0 Å². The zero-order valence-corrected chi connectivity index (χ0v) is 8.28. The Morgan fingerprint density at radius 2 is 1.93 bits per heavy atom. The van der Waals surface area contributed by atoms with E-state index in [0.29, 0.717) is 23.8 Å². The first-order chi connectivity index (χ1) is 6.83. The van der Waals surface area contributed by atoms with Crippen molar-refractivity contribution in [1.29, 1.82) is 0 Å². The van der Waals surface area contributed by atoms with E-state index in [1.165, 1.54) is 12.8 Å². The van der Waals surface area contributed by atoms with Crippen LogP contribution in [-0.4, -0.2) is 36.5 Å². The molecule has 3 aliphatic heterocycles. The zero-order valence-electron chi connectivity index (χ0n) is 8.28. The number of nitrogens with zero attached hydrogens (tertiary/aromatic N) is 1. The van der Waals surface area contributed by atoms with Gasteiger partial charge >= 0.3 is 0 Å². The van der Waals surface area contributed by atoms with Gasteiger partial charge in [0.2, 0.25) is 5.91 Å². The molecule has 3 nitrogen and oxygen atoms in total. The zero-order chi connectivity index (χ0) is 9.28. The van der Waals surface area contributed by atoms with Crippen LogP contribution in [0, 0.1) is 23.7 Å². The van der Waals surface area contributed by atoms with Gasteiger partial charge in [-0.1, -0.05) is 0 Å². The van der Waals surface area contributed by atoms with Crippen LogP contribution in [0.5, 0.6) is 0 Å². The quantitative estimate of drug-likeness (QED) is 0.638. The van der Waals surface area contributed by atoms with Crippen LogP contribution in [0.15, 0.2) is 0 Å². The maximum Gasteiger partial charge on any atom is 0.227 e. The molecule has 76 valence electrons. The van der Waals surface area contributed by atoms with E-state index in [9.17, 15) is 4.79 Å². The largest absolute Gasteiger partial charge is 0.342 e. The number of hydrogen-bond donors (Lipinski definition) is 1. The van der Waals surface area contributed by atoms with Gasteiger partial charge in [-0.3, -0.25) is 4.79 Å². The van der Waals surface area contributed by atoms with E-state index in [4.69, 9.17) is 0 Å². The molecule has 3 saturated heterocycles. The Morgan fingerprint density at radius 1 is 1.14 bits per heavy atom. The SMILES string of the molecule is O=C(C1C2CNC1C2)N1CC2CC2C1. The van der Waals surface area contributed by atoms with Crippen LogP contribution >= 0.6 is 0 Å². The second kappa shape index (κ2) is 2.32. The average Bonchev–Trinajstić information content (AvgIpc) is 2.68. The number of carbonyl (C=O) groups is 1. The molecule has 0 aromatic carbocycles. The summed E-state index contributed by atoms with van der Waals surface area (Å²) in [7, 11) is 0. The van der Waals surface area contributed by atoms with Crippen LogP contribution in [-0.2, 0) is 4.79 Å². The number of likely N-dealkylation sites (tertiary alicyclic amines) is 1. The van der Waals surface area contributed by atoms with E-state index < -0.39 is 0 Å². The first kappa shape index (κ1) is 7.69. The summed E-state index contributed by atoms with van der Waals surface area (Å²) in [5.74, 6) is 3.25. The summed E-state index contributed by atoms with van der Waals surface area (Å²) in [5.41, 5.74) is 0. The van der Waals surface area contributed by atoms with E-state index in [2.05, 4.69) is 10.2 Å². The van der Waals surface area contributed by atoms with Crippen molar-refractivity contribution in [3.63, 3.8) is 0 Å². The van der Waals surface area contributed by atoms with Gasteiger partial charge in [0.25, 0.3) is 0 Å². The number of amides is 1. The molecular weight excluding hydrogens is 176 g/mol. The molecule has 2 bridgehead atoms. The summed E-state index contributed by atoms with van der Waals surface area (Å²) in [6.07, 6.45) is 2.64. The van der Waals surface area contributed by atoms with E-state index in [0.717, 1.165) is 31.5 Å². The third kappa shape index (κ3) is 0.842. The smallest absolute Gasteiger partial charge is 0.227 e. The van der Waals surface area contributed by atoms with Crippen molar-refractivity contribution in [2.75, 3.05) is 19.6 Å². The second-order valence-corrected chi connectivity index (χ2v) is 5.54. The molecule has 5 unspecified atom stereocenters. The summed E-state index contributed by atoms with van der Waals surface area (Å²) in [6, 6.07) is 0.532. The predicted molar refractivity (Wildman–Crippen MR) is 51.6 cm³/mol. The lowest BCUT2D eigenvalue weighted by atomic mass is 9.73. The standard InChI is InChI=1S/C11H16N2O/c14-11(10-6-2-9(10)12-3-6)13-4-7-1-8(7)5-13/h6-10,12H,1-5H2. The monoisotopic (exact) mass is 192 g/mol. The van der Waals surface area contributed by atoms with E-state index in [1.54, 1.807) is 0 Å². The third-order valence-corrected chi connectivity index (χ3v) is 4.72. The maximum absolute atomic E-state index is 12.1. The lowest BCUT2D eigenvalue weighted by Crippen LogP contribution is -2.49. The molecule has 5 rings (SSSR count). The predicted octanol–water partition coefficient (Wildman–Crippen LogP) is 0.0726. The number of piperidine rings is 1. The molecule has 2 aliphatic carbocycles. The van der Waals surface area contributed by atoms with Crippen molar-refractivity contribution in [2.24, 2.45) is 23.7 Å². The second-order valence-electron chi connectivity index (χ2n) is 5.54. The summed E-state index contributed by atoms with van der Waals surface area (Å²) < 4.78 is 0. The van der Waals surface area contributed by atoms with Crippen molar-refractivity contribution >= 4 is 5.91 Å². The molecule has 14 heavy (non-hydrogen) atoms. The van der Waals surface area contributed by atoms with Crippen LogP contribution in [0.25, 0.3) is 0 Å². The fourth-order valence-corrected chi connectivity index (χ4v) is 3.64. The minimum Gasteiger partial charge on any atom is -0.342 e. The average molecular weight is 192 g/mol. The van der Waals surface area contributed by atoms with Crippen molar-refractivity contribution in [3.8, 4) is 0 Å². The van der Waals surface area contributed by atoms with Crippen LogP contribution in [0.3, 0.4) is 0 Å². The molecule has 5 fully saturated rings. The first-order valence-electron chi connectivity index (χ1n) is 5.85. The Morgan fingerprint density at radius 3 is 2.50 bits per heavy atom.